The molecule has 0 bridgehead atoms. The average Bonchev–Trinajstić information content (AvgIpc) is 2.66. The molecule has 0 aromatic heterocycles. The SMILES string of the molecule is C[C@@H](Cc1ccc(OC(=O)NCC[C@H](N)C(=O)N[C@@H](CS)C(N)=O)cc1)C(N)=O. The van der Waals surface area contributed by atoms with Gasteiger partial charge in [-0.05, 0) is 30.5 Å². The van der Waals surface area contributed by atoms with Crippen molar-refractivity contribution in [2.75, 3.05) is 12.3 Å². The summed E-state index contributed by atoms with van der Waals surface area (Å²) in [7, 11) is 0. The Labute approximate surface area is 174 Å². The summed E-state index contributed by atoms with van der Waals surface area (Å²) in [5.74, 6) is -1.59. The first-order chi connectivity index (χ1) is 13.6. The van der Waals surface area contributed by atoms with Crippen molar-refractivity contribution in [2.45, 2.75) is 31.8 Å². The summed E-state index contributed by atoms with van der Waals surface area (Å²) >= 11 is 3.92. The summed E-state index contributed by atoms with van der Waals surface area (Å²) in [6.07, 6.45) is -0.0876. The standard InChI is InChI=1S/C18H27N5O5S/c1-10(15(20)24)8-11-2-4-12(5-3-11)28-18(27)22-7-6-13(19)17(26)23-14(9-29)16(21)25/h2-5,10,13-14,29H,6-9,19H2,1H3,(H2,20,24)(H2,21,25)(H,22,27)(H,23,26)/t10-,13-,14-/m0/s1. The Morgan fingerprint density at radius 1 is 1.10 bits per heavy atom. The van der Waals surface area contributed by atoms with Crippen LogP contribution in [0.5, 0.6) is 5.75 Å². The van der Waals surface area contributed by atoms with E-state index in [1.165, 1.54) is 0 Å². The van der Waals surface area contributed by atoms with Crippen molar-refractivity contribution in [3.8, 4) is 5.75 Å². The van der Waals surface area contributed by atoms with E-state index in [0.717, 1.165) is 5.56 Å². The number of carbonyl (C=O) groups excluding carboxylic acids is 4. The third-order valence-electron chi connectivity index (χ3n) is 4.07. The van der Waals surface area contributed by atoms with E-state index < -0.39 is 30.0 Å². The smallest absolute Gasteiger partial charge is 0.410 e. The normalized spacial score (nSPS) is 13.6. The molecule has 0 radical (unpaired) electrons. The lowest BCUT2D eigenvalue weighted by atomic mass is 10.0. The fraction of sp³-hybridized carbons (Fsp3) is 0.444. The predicted molar refractivity (Wildman–Crippen MR) is 110 cm³/mol. The number of thiol groups is 1. The van der Waals surface area contributed by atoms with Gasteiger partial charge in [-0.1, -0.05) is 19.1 Å². The molecule has 0 heterocycles. The summed E-state index contributed by atoms with van der Waals surface area (Å²) in [6, 6.07) is 4.82. The molecule has 0 aliphatic rings. The summed E-state index contributed by atoms with van der Waals surface area (Å²) < 4.78 is 5.12. The monoisotopic (exact) mass is 425 g/mol. The molecule has 0 fully saturated rings. The minimum atomic E-state index is -0.941. The lowest BCUT2D eigenvalue weighted by Crippen LogP contribution is -2.51. The lowest BCUT2D eigenvalue weighted by Gasteiger charge is -2.17. The third kappa shape index (κ3) is 8.83. The van der Waals surface area contributed by atoms with Gasteiger partial charge < -0.3 is 32.6 Å². The van der Waals surface area contributed by atoms with Gasteiger partial charge in [0.05, 0.1) is 6.04 Å². The van der Waals surface area contributed by atoms with E-state index in [9.17, 15) is 19.2 Å². The Morgan fingerprint density at radius 2 is 1.72 bits per heavy atom. The van der Waals surface area contributed by atoms with E-state index >= 15 is 0 Å². The number of hydrogen-bond acceptors (Lipinski definition) is 7. The number of benzene rings is 1. The van der Waals surface area contributed by atoms with Crippen molar-refractivity contribution in [2.24, 2.45) is 23.1 Å². The Hall–Kier alpha value is -2.79. The fourth-order valence-electron chi connectivity index (χ4n) is 2.24. The quantitative estimate of drug-likeness (QED) is 0.249. The highest BCUT2D eigenvalue weighted by Crippen LogP contribution is 2.15. The first-order valence-corrected chi connectivity index (χ1v) is 9.57. The van der Waals surface area contributed by atoms with E-state index in [1.54, 1.807) is 31.2 Å². The van der Waals surface area contributed by atoms with Crippen LogP contribution in [-0.4, -0.2) is 48.2 Å². The molecule has 11 heteroatoms. The van der Waals surface area contributed by atoms with Crippen LogP contribution >= 0.6 is 12.6 Å². The molecular weight excluding hydrogens is 398 g/mol. The van der Waals surface area contributed by atoms with Crippen LogP contribution in [0, 0.1) is 5.92 Å². The second-order valence-corrected chi connectivity index (χ2v) is 6.87. The summed E-state index contributed by atoms with van der Waals surface area (Å²) in [5, 5.41) is 4.86. The second-order valence-electron chi connectivity index (χ2n) is 6.51. The van der Waals surface area contributed by atoms with Crippen LogP contribution in [-0.2, 0) is 20.8 Å². The zero-order valence-corrected chi connectivity index (χ0v) is 17.0. The van der Waals surface area contributed by atoms with Crippen LogP contribution in [0.2, 0.25) is 0 Å². The van der Waals surface area contributed by atoms with Gasteiger partial charge in [-0.3, -0.25) is 14.4 Å². The van der Waals surface area contributed by atoms with Crippen molar-refractivity contribution >= 4 is 36.4 Å². The third-order valence-corrected chi connectivity index (χ3v) is 4.43. The molecule has 29 heavy (non-hydrogen) atoms. The van der Waals surface area contributed by atoms with Crippen LogP contribution in [0.25, 0.3) is 0 Å². The van der Waals surface area contributed by atoms with E-state index in [4.69, 9.17) is 21.9 Å². The number of primary amides is 2. The van der Waals surface area contributed by atoms with Crippen molar-refractivity contribution in [1.82, 2.24) is 10.6 Å². The molecule has 8 N–H and O–H groups in total. The zero-order valence-electron chi connectivity index (χ0n) is 16.1. The molecule has 1 aromatic carbocycles. The molecule has 1 aromatic rings. The van der Waals surface area contributed by atoms with Crippen molar-refractivity contribution < 1.29 is 23.9 Å². The van der Waals surface area contributed by atoms with Crippen molar-refractivity contribution in [3.05, 3.63) is 29.8 Å². The average molecular weight is 426 g/mol. The Kier molecular flexibility index (Phi) is 9.97. The van der Waals surface area contributed by atoms with Gasteiger partial charge in [0.15, 0.2) is 0 Å². The van der Waals surface area contributed by atoms with E-state index in [-0.39, 0.29) is 30.5 Å². The molecule has 10 nitrogen and oxygen atoms in total. The maximum atomic E-state index is 11.9. The first kappa shape index (κ1) is 24.2. The number of carbonyl (C=O) groups is 4. The van der Waals surface area contributed by atoms with E-state index in [1.807, 2.05) is 0 Å². The van der Waals surface area contributed by atoms with Gasteiger partial charge in [-0.2, -0.15) is 12.6 Å². The minimum absolute atomic E-state index is 0.0542. The van der Waals surface area contributed by atoms with Crippen LogP contribution < -0.4 is 32.6 Å². The Bertz CT molecular complexity index is 728. The molecule has 160 valence electrons. The summed E-state index contributed by atoms with van der Waals surface area (Å²) in [4.78, 5) is 45.9. The predicted octanol–water partition coefficient (Wildman–Crippen LogP) is -0.944. The molecular formula is C18H27N5O5S. The number of amides is 4. The highest BCUT2D eigenvalue weighted by molar-refractivity contribution is 7.80. The topological polar surface area (TPSA) is 180 Å². The number of hydrogen-bond donors (Lipinski definition) is 6. The molecule has 0 spiro atoms. The number of nitrogens with one attached hydrogen (secondary N) is 2. The van der Waals surface area contributed by atoms with E-state index in [0.29, 0.717) is 12.2 Å². The van der Waals surface area contributed by atoms with Gasteiger partial charge in [-0.15, -0.1) is 0 Å². The lowest BCUT2D eigenvalue weighted by molar-refractivity contribution is -0.127. The van der Waals surface area contributed by atoms with Gasteiger partial charge in [-0.25, -0.2) is 4.79 Å². The van der Waals surface area contributed by atoms with Gasteiger partial charge in [0.1, 0.15) is 11.8 Å². The van der Waals surface area contributed by atoms with Gasteiger partial charge in [0.2, 0.25) is 17.7 Å². The molecule has 0 aliphatic heterocycles. The number of nitrogens with two attached hydrogens (primary N) is 3. The number of ether oxygens (including phenoxy) is 1. The molecule has 0 saturated heterocycles. The van der Waals surface area contributed by atoms with Crippen LogP contribution in [0.15, 0.2) is 24.3 Å². The maximum absolute atomic E-state index is 11.9. The second kappa shape index (κ2) is 11.9. The molecule has 0 aliphatic carbocycles. The van der Waals surface area contributed by atoms with Gasteiger partial charge >= 0.3 is 6.09 Å². The molecule has 1 rings (SSSR count). The Morgan fingerprint density at radius 3 is 2.24 bits per heavy atom. The van der Waals surface area contributed by atoms with Crippen LogP contribution in [0.1, 0.15) is 18.9 Å². The van der Waals surface area contributed by atoms with Crippen molar-refractivity contribution in [1.29, 1.82) is 0 Å². The summed E-state index contributed by atoms with van der Waals surface area (Å²) in [5.41, 5.74) is 17.0. The van der Waals surface area contributed by atoms with Gasteiger partial charge in [0.25, 0.3) is 0 Å². The fourth-order valence-corrected chi connectivity index (χ4v) is 2.51. The molecule has 0 unspecified atom stereocenters. The Balaban J connectivity index is 2.39. The zero-order chi connectivity index (χ0) is 22.0. The minimum Gasteiger partial charge on any atom is -0.410 e. The molecule has 0 saturated carbocycles. The molecule has 3 atom stereocenters. The largest absolute Gasteiger partial charge is 0.412 e. The van der Waals surface area contributed by atoms with E-state index in [2.05, 4.69) is 23.3 Å². The highest BCUT2D eigenvalue weighted by atomic mass is 32.1. The molecule has 4 amide bonds. The van der Waals surface area contributed by atoms with Crippen LogP contribution in [0.4, 0.5) is 4.79 Å². The highest BCUT2D eigenvalue weighted by Gasteiger charge is 2.20. The van der Waals surface area contributed by atoms with Gasteiger partial charge in [0, 0.05) is 18.2 Å². The van der Waals surface area contributed by atoms with Crippen molar-refractivity contribution in [3.63, 3.8) is 0 Å². The summed E-state index contributed by atoms with van der Waals surface area (Å²) in [6.45, 7) is 1.82. The maximum Gasteiger partial charge on any atom is 0.412 e. The first-order valence-electron chi connectivity index (χ1n) is 8.94. The number of rotatable bonds is 11. The van der Waals surface area contributed by atoms with Crippen LogP contribution in [0.3, 0.4) is 0 Å².